The molecule has 0 N–H and O–H groups in total. The Kier molecular flexibility index (Phi) is 3.64. The predicted octanol–water partition coefficient (Wildman–Crippen LogP) is -0.360. The van der Waals surface area contributed by atoms with Crippen LogP contribution in [0.2, 0.25) is 0 Å². The molecule has 1 saturated heterocycles. The van der Waals surface area contributed by atoms with Crippen LogP contribution in [0.15, 0.2) is 35.7 Å². The number of fused-ring (bicyclic) bond motifs is 1. The second kappa shape index (κ2) is 5.73. The maximum Gasteiger partial charge on any atom is 0.267 e. The zero-order valence-corrected chi connectivity index (χ0v) is 14.2. The van der Waals surface area contributed by atoms with E-state index in [1.165, 1.54) is 15.8 Å². The number of sulfone groups is 1. The van der Waals surface area contributed by atoms with Gasteiger partial charge in [-0.1, -0.05) is 12.1 Å². The van der Waals surface area contributed by atoms with Crippen LogP contribution in [-0.4, -0.2) is 65.0 Å². The molecular weight excluding hydrogens is 348 g/mol. The Bertz CT molecular complexity index is 920. The minimum Gasteiger partial charge on any atom is -0.485 e. The van der Waals surface area contributed by atoms with Gasteiger partial charge in [-0.15, -0.1) is 10.2 Å². The van der Waals surface area contributed by atoms with Gasteiger partial charge in [0.1, 0.15) is 18.2 Å². The van der Waals surface area contributed by atoms with Gasteiger partial charge in [0.15, 0.2) is 11.5 Å². The van der Waals surface area contributed by atoms with Crippen molar-refractivity contribution in [3.05, 3.63) is 30.6 Å². The lowest BCUT2D eigenvalue weighted by atomic mass is 10.1. The van der Waals surface area contributed by atoms with Gasteiger partial charge in [0.2, 0.25) is 21.1 Å². The van der Waals surface area contributed by atoms with Crippen molar-refractivity contribution in [1.82, 2.24) is 19.7 Å². The van der Waals surface area contributed by atoms with E-state index in [1.54, 1.807) is 25.2 Å². The Morgan fingerprint density at radius 2 is 1.96 bits per heavy atom. The molecule has 1 aromatic heterocycles. The average Bonchev–Trinajstić information content (AvgIpc) is 2.99. The number of amides is 1. The van der Waals surface area contributed by atoms with Crippen molar-refractivity contribution in [2.24, 2.45) is 7.05 Å². The van der Waals surface area contributed by atoms with Gasteiger partial charge in [-0.2, -0.15) is 0 Å². The molecule has 2 aliphatic rings. The van der Waals surface area contributed by atoms with Crippen molar-refractivity contribution in [3.63, 3.8) is 0 Å². The first-order chi connectivity index (χ1) is 12.0. The van der Waals surface area contributed by atoms with Crippen molar-refractivity contribution in [2.45, 2.75) is 16.5 Å². The van der Waals surface area contributed by atoms with E-state index >= 15 is 0 Å². The largest absolute Gasteiger partial charge is 0.485 e. The van der Waals surface area contributed by atoms with E-state index in [0.717, 1.165) is 0 Å². The fraction of sp³-hybridized carbons (Fsp3) is 0.400. The second-order valence-electron chi connectivity index (χ2n) is 6.00. The molecule has 0 spiro atoms. The first-order valence-corrected chi connectivity index (χ1v) is 9.26. The third-order valence-electron chi connectivity index (χ3n) is 4.31. The van der Waals surface area contributed by atoms with E-state index in [0.29, 0.717) is 11.5 Å². The van der Waals surface area contributed by atoms with E-state index in [1.807, 2.05) is 6.07 Å². The summed E-state index contributed by atoms with van der Waals surface area (Å²) in [5.74, 6) is 0.827. The summed E-state index contributed by atoms with van der Waals surface area (Å²) in [5, 5.41) is 6.48. The van der Waals surface area contributed by atoms with Crippen LogP contribution in [0.5, 0.6) is 11.5 Å². The monoisotopic (exact) mass is 364 g/mol. The third-order valence-corrected chi connectivity index (χ3v) is 6.36. The van der Waals surface area contributed by atoms with Gasteiger partial charge in [0, 0.05) is 20.1 Å². The lowest BCUT2D eigenvalue weighted by Crippen LogP contribution is -2.61. The number of hydrogen-bond acceptors (Lipinski definition) is 7. The van der Waals surface area contributed by atoms with Gasteiger partial charge in [-0.25, -0.2) is 8.42 Å². The van der Waals surface area contributed by atoms with Crippen molar-refractivity contribution in [3.8, 4) is 11.5 Å². The summed E-state index contributed by atoms with van der Waals surface area (Å²) >= 11 is 0. The first kappa shape index (κ1) is 15.9. The molecule has 1 unspecified atom stereocenters. The zero-order chi connectivity index (χ0) is 17.6. The number of aryl methyl sites for hydroxylation is 1. The highest BCUT2D eigenvalue weighted by Crippen LogP contribution is 2.32. The summed E-state index contributed by atoms with van der Waals surface area (Å²) in [6.45, 7) is 0.318. The smallest absolute Gasteiger partial charge is 0.267 e. The molecule has 1 atom stereocenters. The number of hydrogen-bond donors (Lipinski definition) is 0. The van der Waals surface area contributed by atoms with Crippen molar-refractivity contribution in [2.75, 3.05) is 19.7 Å². The van der Waals surface area contributed by atoms with Crippen molar-refractivity contribution < 1.29 is 22.7 Å². The van der Waals surface area contributed by atoms with Crippen LogP contribution in [0, 0.1) is 0 Å². The van der Waals surface area contributed by atoms with Gasteiger partial charge < -0.3 is 18.9 Å². The number of likely N-dealkylation sites (tertiary alicyclic amines) is 1. The Balaban J connectivity index is 1.41. The molecule has 0 bridgehead atoms. The van der Waals surface area contributed by atoms with Crippen molar-refractivity contribution in [1.29, 1.82) is 0 Å². The Hall–Kier alpha value is -2.62. The number of carbonyl (C=O) groups is 1. The maximum atomic E-state index is 12.5. The van der Waals surface area contributed by atoms with E-state index in [-0.39, 0.29) is 30.8 Å². The Labute approximate surface area is 144 Å². The molecule has 1 aromatic carbocycles. The molecule has 1 amide bonds. The average molecular weight is 364 g/mol. The number of carbonyl (C=O) groups excluding carboxylic acids is 1. The maximum absolute atomic E-state index is 12.5. The summed E-state index contributed by atoms with van der Waals surface area (Å²) in [6.07, 6.45) is 0.562. The quantitative estimate of drug-likeness (QED) is 0.732. The Morgan fingerprint density at radius 3 is 2.64 bits per heavy atom. The molecule has 0 radical (unpaired) electrons. The molecule has 4 rings (SSSR count). The number of aromatic nitrogens is 3. The molecule has 2 aliphatic heterocycles. The van der Waals surface area contributed by atoms with Crippen LogP contribution in [0.4, 0.5) is 0 Å². The summed E-state index contributed by atoms with van der Waals surface area (Å²) in [5.41, 5.74) is 0. The first-order valence-electron chi connectivity index (χ1n) is 7.72. The minimum atomic E-state index is -3.61. The Morgan fingerprint density at radius 1 is 1.24 bits per heavy atom. The molecule has 3 heterocycles. The van der Waals surface area contributed by atoms with Crippen LogP contribution in [0.25, 0.3) is 0 Å². The SMILES string of the molecule is Cn1cnnc1S(=O)(=O)C1CN(C(=O)C2COc3ccccc3O2)C1. The summed E-state index contributed by atoms with van der Waals surface area (Å²) < 4.78 is 37.5. The number of ether oxygens (including phenoxy) is 2. The van der Waals surface area contributed by atoms with Gasteiger partial charge in [-0.3, -0.25) is 4.79 Å². The standard InChI is InChI=1S/C15H16N4O5S/c1-18-9-16-17-15(18)25(21,22)10-6-19(7-10)14(20)13-8-23-11-4-2-3-5-12(11)24-13/h2-5,9-10,13H,6-8H2,1H3. The summed E-state index contributed by atoms with van der Waals surface area (Å²) in [7, 11) is -2.04. The summed E-state index contributed by atoms with van der Waals surface area (Å²) in [4.78, 5) is 14.0. The van der Waals surface area contributed by atoms with Crippen LogP contribution in [-0.2, 0) is 21.7 Å². The molecule has 0 aliphatic carbocycles. The van der Waals surface area contributed by atoms with Gasteiger partial charge in [0.05, 0.1) is 0 Å². The van der Waals surface area contributed by atoms with Crippen LogP contribution < -0.4 is 9.47 Å². The van der Waals surface area contributed by atoms with Gasteiger partial charge in [0.25, 0.3) is 5.91 Å². The fourth-order valence-corrected chi connectivity index (χ4v) is 4.50. The number of rotatable bonds is 3. The van der Waals surface area contributed by atoms with Gasteiger partial charge >= 0.3 is 0 Å². The highest BCUT2D eigenvalue weighted by atomic mass is 32.2. The molecule has 10 heteroatoms. The molecule has 0 saturated carbocycles. The topological polar surface area (TPSA) is 104 Å². The van der Waals surface area contributed by atoms with E-state index in [9.17, 15) is 13.2 Å². The predicted molar refractivity (Wildman–Crippen MR) is 84.9 cm³/mol. The minimum absolute atomic E-state index is 0.0872. The van der Waals surface area contributed by atoms with Crippen LogP contribution in [0.1, 0.15) is 0 Å². The second-order valence-corrected chi connectivity index (χ2v) is 8.12. The highest BCUT2D eigenvalue weighted by molar-refractivity contribution is 7.92. The number of nitrogens with zero attached hydrogens (tertiary/aromatic N) is 4. The lowest BCUT2D eigenvalue weighted by molar-refractivity contribution is -0.144. The molecule has 1 fully saturated rings. The normalized spacial score (nSPS) is 20.2. The fourth-order valence-electron chi connectivity index (χ4n) is 2.84. The van der Waals surface area contributed by atoms with E-state index < -0.39 is 21.2 Å². The summed E-state index contributed by atoms with van der Waals surface area (Å²) in [6, 6.07) is 7.11. The molecule has 132 valence electrons. The molecular formula is C15H16N4O5S. The molecule has 9 nitrogen and oxygen atoms in total. The third kappa shape index (κ3) is 2.62. The lowest BCUT2D eigenvalue weighted by Gasteiger charge is -2.40. The van der Waals surface area contributed by atoms with E-state index in [4.69, 9.17) is 9.47 Å². The van der Waals surface area contributed by atoms with Crippen molar-refractivity contribution >= 4 is 15.7 Å². The van der Waals surface area contributed by atoms with Crippen LogP contribution in [0.3, 0.4) is 0 Å². The zero-order valence-electron chi connectivity index (χ0n) is 13.4. The van der Waals surface area contributed by atoms with Gasteiger partial charge in [-0.05, 0) is 12.1 Å². The highest BCUT2D eigenvalue weighted by Gasteiger charge is 2.45. The molecule has 25 heavy (non-hydrogen) atoms. The number of benzene rings is 1. The van der Waals surface area contributed by atoms with E-state index in [2.05, 4.69) is 10.2 Å². The van der Waals surface area contributed by atoms with Crippen LogP contribution >= 0.6 is 0 Å². The number of para-hydroxylation sites is 2. The molecule has 2 aromatic rings.